The molecule has 0 saturated carbocycles. The topological polar surface area (TPSA) is 38.9 Å². The fourth-order valence-electron chi connectivity index (χ4n) is 1.04. The fourth-order valence-corrected chi connectivity index (χ4v) is 2.52. The Morgan fingerprint density at radius 2 is 2.33 bits per heavy atom. The number of halogens is 1. The molecule has 2 heterocycles. The van der Waals surface area contributed by atoms with Crippen LogP contribution in [-0.2, 0) is 6.54 Å². The van der Waals surface area contributed by atoms with Crippen LogP contribution >= 0.6 is 27.3 Å². The molecule has 2 aromatic rings. The molecular formula is C8H7BrN2S. The number of thiophene rings is 1. The summed E-state index contributed by atoms with van der Waals surface area (Å²) in [6.07, 6.45) is 0. The van der Waals surface area contributed by atoms with Crippen molar-refractivity contribution in [2.75, 3.05) is 0 Å². The van der Waals surface area contributed by atoms with Crippen LogP contribution in [0.15, 0.2) is 22.0 Å². The van der Waals surface area contributed by atoms with Crippen molar-refractivity contribution in [3.8, 4) is 0 Å². The number of hydrogen-bond donors (Lipinski definition) is 1. The highest BCUT2D eigenvalue weighted by molar-refractivity contribution is 9.11. The summed E-state index contributed by atoms with van der Waals surface area (Å²) in [5.41, 5.74) is 6.42. The van der Waals surface area contributed by atoms with Crippen molar-refractivity contribution in [2.24, 2.45) is 5.73 Å². The SMILES string of the molecule is NCc1ccc2cc(Br)sc2n1. The standard InChI is InChI=1S/C8H7BrN2S/c9-7-3-5-1-2-6(4-10)11-8(5)12-7/h1-3H,4,10H2. The van der Waals surface area contributed by atoms with Crippen molar-refractivity contribution in [1.82, 2.24) is 4.98 Å². The van der Waals surface area contributed by atoms with Gasteiger partial charge >= 0.3 is 0 Å². The van der Waals surface area contributed by atoms with Gasteiger partial charge in [-0.05, 0) is 28.1 Å². The van der Waals surface area contributed by atoms with Gasteiger partial charge in [0, 0.05) is 11.9 Å². The normalized spacial score (nSPS) is 10.8. The molecule has 0 aromatic carbocycles. The molecule has 0 radical (unpaired) electrons. The largest absolute Gasteiger partial charge is 0.325 e. The van der Waals surface area contributed by atoms with Crippen molar-refractivity contribution in [1.29, 1.82) is 0 Å². The van der Waals surface area contributed by atoms with E-state index < -0.39 is 0 Å². The number of fused-ring (bicyclic) bond motifs is 1. The zero-order chi connectivity index (χ0) is 8.55. The van der Waals surface area contributed by atoms with Gasteiger partial charge in [-0.2, -0.15) is 0 Å². The summed E-state index contributed by atoms with van der Waals surface area (Å²) in [5.74, 6) is 0. The van der Waals surface area contributed by atoms with E-state index in [-0.39, 0.29) is 0 Å². The molecule has 0 spiro atoms. The third-order valence-electron chi connectivity index (χ3n) is 1.62. The summed E-state index contributed by atoms with van der Waals surface area (Å²) in [4.78, 5) is 5.42. The molecule has 0 atom stereocenters. The lowest BCUT2D eigenvalue weighted by Crippen LogP contribution is -1.97. The first kappa shape index (κ1) is 8.16. The summed E-state index contributed by atoms with van der Waals surface area (Å²) in [6, 6.07) is 6.07. The molecule has 0 unspecified atom stereocenters. The molecule has 2 nitrogen and oxygen atoms in total. The number of aromatic nitrogens is 1. The van der Waals surface area contributed by atoms with Gasteiger partial charge in [-0.1, -0.05) is 6.07 Å². The predicted octanol–water partition coefficient (Wildman–Crippen LogP) is 2.52. The van der Waals surface area contributed by atoms with E-state index in [4.69, 9.17) is 5.73 Å². The van der Waals surface area contributed by atoms with Crippen LogP contribution in [0.2, 0.25) is 0 Å². The number of hydrogen-bond acceptors (Lipinski definition) is 3. The van der Waals surface area contributed by atoms with Gasteiger partial charge in [0.05, 0.1) is 9.48 Å². The van der Waals surface area contributed by atoms with E-state index in [9.17, 15) is 0 Å². The molecule has 0 aliphatic carbocycles. The minimum Gasteiger partial charge on any atom is -0.325 e. The maximum absolute atomic E-state index is 5.48. The van der Waals surface area contributed by atoms with Crippen LogP contribution in [0.25, 0.3) is 10.2 Å². The first-order valence-corrected chi connectivity index (χ1v) is 5.15. The summed E-state index contributed by atoms with van der Waals surface area (Å²) < 4.78 is 1.11. The maximum Gasteiger partial charge on any atom is 0.124 e. The third-order valence-corrected chi connectivity index (χ3v) is 3.17. The lowest BCUT2D eigenvalue weighted by atomic mass is 10.3. The van der Waals surface area contributed by atoms with Crippen LogP contribution in [0.3, 0.4) is 0 Å². The van der Waals surface area contributed by atoms with Gasteiger partial charge in [-0.3, -0.25) is 0 Å². The maximum atomic E-state index is 5.48. The van der Waals surface area contributed by atoms with Crippen molar-refractivity contribution in [2.45, 2.75) is 6.54 Å². The number of nitrogens with zero attached hydrogens (tertiary/aromatic N) is 1. The third kappa shape index (κ3) is 1.37. The van der Waals surface area contributed by atoms with E-state index in [1.807, 2.05) is 12.1 Å². The van der Waals surface area contributed by atoms with E-state index >= 15 is 0 Å². The average molecular weight is 243 g/mol. The van der Waals surface area contributed by atoms with Crippen molar-refractivity contribution >= 4 is 37.5 Å². The van der Waals surface area contributed by atoms with Gasteiger partial charge in [0.2, 0.25) is 0 Å². The van der Waals surface area contributed by atoms with Crippen LogP contribution in [0.5, 0.6) is 0 Å². The van der Waals surface area contributed by atoms with Crippen LogP contribution in [0.1, 0.15) is 5.69 Å². The molecule has 0 saturated heterocycles. The van der Waals surface area contributed by atoms with Gasteiger partial charge in [-0.25, -0.2) is 4.98 Å². The minimum absolute atomic E-state index is 0.505. The van der Waals surface area contributed by atoms with Crippen molar-refractivity contribution in [3.63, 3.8) is 0 Å². The molecule has 2 N–H and O–H groups in total. The molecular weight excluding hydrogens is 236 g/mol. The fraction of sp³-hybridized carbons (Fsp3) is 0.125. The Labute approximate surface area is 82.5 Å². The Hall–Kier alpha value is -0.450. The molecule has 0 amide bonds. The molecule has 12 heavy (non-hydrogen) atoms. The lowest BCUT2D eigenvalue weighted by Gasteiger charge is -1.93. The molecule has 4 heteroatoms. The molecule has 0 bridgehead atoms. The Morgan fingerprint density at radius 3 is 3.08 bits per heavy atom. The van der Waals surface area contributed by atoms with E-state index in [1.165, 1.54) is 5.39 Å². The number of nitrogens with two attached hydrogens (primary N) is 1. The van der Waals surface area contributed by atoms with Crippen molar-refractivity contribution < 1.29 is 0 Å². The van der Waals surface area contributed by atoms with E-state index in [0.29, 0.717) is 6.54 Å². The summed E-state index contributed by atoms with van der Waals surface area (Å²) in [7, 11) is 0. The highest BCUT2D eigenvalue weighted by atomic mass is 79.9. The first-order chi connectivity index (χ1) is 5.79. The quantitative estimate of drug-likeness (QED) is 0.835. The van der Waals surface area contributed by atoms with Gasteiger partial charge in [0.1, 0.15) is 4.83 Å². The van der Waals surface area contributed by atoms with Crippen LogP contribution in [0.4, 0.5) is 0 Å². The number of pyridine rings is 1. The lowest BCUT2D eigenvalue weighted by molar-refractivity contribution is 1.01. The molecule has 0 aliphatic heterocycles. The van der Waals surface area contributed by atoms with Gasteiger partial charge in [-0.15, -0.1) is 11.3 Å². The van der Waals surface area contributed by atoms with Crippen LogP contribution in [0, 0.1) is 0 Å². The second-order valence-electron chi connectivity index (χ2n) is 2.45. The second-order valence-corrected chi connectivity index (χ2v) is 4.86. The second kappa shape index (κ2) is 3.12. The molecule has 2 aromatic heterocycles. The highest BCUT2D eigenvalue weighted by Crippen LogP contribution is 2.28. The zero-order valence-electron chi connectivity index (χ0n) is 6.25. The summed E-state index contributed by atoms with van der Waals surface area (Å²) in [5, 5.41) is 1.17. The molecule has 0 fully saturated rings. The van der Waals surface area contributed by atoms with Crippen LogP contribution < -0.4 is 5.73 Å². The van der Waals surface area contributed by atoms with E-state index in [2.05, 4.69) is 27.0 Å². The monoisotopic (exact) mass is 242 g/mol. The van der Waals surface area contributed by atoms with Crippen LogP contribution in [-0.4, -0.2) is 4.98 Å². The Morgan fingerprint density at radius 1 is 1.50 bits per heavy atom. The molecule has 0 aliphatic rings. The van der Waals surface area contributed by atoms with E-state index in [0.717, 1.165) is 14.3 Å². The Kier molecular flexibility index (Phi) is 2.12. The number of rotatable bonds is 1. The smallest absolute Gasteiger partial charge is 0.124 e. The van der Waals surface area contributed by atoms with Gasteiger partial charge in [0.15, 0.2) is 0 Å². The summed E-state index contributed by atoms with van der Waals surface area (Å²) >= 11 is 5.05. The highest BCUT2D eigenvalue weighted by Gasteiger charge is 2.00. The first-order valence-electron chi connectivity index (χ1n) is 3.54. The Bertz CT molecular complexity index is 410. The molecule has 2 rings (SSSR count). The Balaban J connectivity index is 2.66. The zero-order valence-corrected chi connectivity index (χ0v) is 8.65. The minimum atomic E-state index is 0.505. The molecule has 62 valence electrons. The summed E-state index contributed by atoms with van der Waals surface area (Å²) in [6.45, 7) is 0.505. The van der Waals surface area contributed by atoms with Gasteiger partial charge in [0.25, 0.3) is 0 Å². The average Bonchev–Trinajstić information content (AvgIpc) is 2.43. The van der Waals surface area contributed by atoms with Crippen molar-refractivity contribution in [3.05, 3.63) is 27.7 Å². The predicted molar refractivity (Wildman–Crippen MR) is 55.2 cm³/mol. The van der Waals surface area contributed by atoms with Gasteiger partial charge < -0.3 is 5.73 Å². The van der Waals surface area contributed by atoms with E-state index in [1.54, 1.807) is 11.3 Å².